The van der Waals surface area contributed by atoms with Gasteiger partial charge in [-0.1, -0.05) is 41.9 Å². The van der Waals surface area contributed by atoms with Gasteiger partial charge in [-0.2, -0.15) is 0 Å². The predicted octanol–water partition coefficient (Wildman–Crippen LogP) is 5.23. The van der Waals surface area contributed by atoms with Crippen molar-refractivity contribution < 1.29 is 0 Å². The van der Waals surface area contributed by atoms with Crippen molar-refractivity contribution in [2.45, 2.75) is 26.1 Å². The molecule has 1 saturated heterocycles. The lowest BCUT2D eigenvalue weighted by Gasteiger charge is -2.37. The van der Waals surface area contributed by atoms with E-state index in [1.165, 1.54) is 31.8 Å². The lowest BCUT2D eigenvalue weighted by molar-refractivity contribution is 0.239. The van der Waals surface area contributed by atoms with Crippen molar-refractivity contribution in [2.75, 3.05) is 37.6 Å². The first-order chi connectivity index (χ1) is 16.7. The molecule has 0 radical (unpaired) electrons. The number of hydrogen-bond donors (Lipinski definition) is 0. The maximum atomic E-state index is 6.17. The Bertz CT molecular complexity index is 1280. The first-order valence-electron chi connectivity index (χ1n) is 12.0. The second kappa shape index (κ2) is 9.62. The van der Waals surface area contributed by atoms with Crippen molar-refractivity contribution in [3.05, 3.63) is 87.6 Å². The average molecular weight is 490 g/mol. The number of rotatable bonds is 5. The molecule has 4 aromatic rings. The highest BCUT2D eigenvalue weighted by molar-refractivity contribution is 7.19. The number of anilines is 1. The average Bonchev–Trinajstić information content (AvgIpc) is 3.26. The summed E-state index contributed by atoms with van der Waals surface area (Å²) in [6, 6.07) is 19.2. The summed E-state index contributed by atoms with van der Waals surface area (Å²) in [5, 5.41) is 2.06. The van der Waals surface area contributed by atoms with Gasteiger partial charge < -0.3 is 4.90 Å². The van der Waals surface area contributed by atoms with E-state index in [2.05, 4.69) is 68.2 Å². The summed E-state index contributed by atoms with van der Waals surface area (Å²) >= 11 is 8.05. The van der Waals surface area contributed by atoms with Gasteiger partial charge in [-0.15, -0.1) is 11.3 Å². The highest BCUT2D eigenvalue weighted by atomic mass is 35.5. The van der Waals surface area contributed by atoms with Crippen LogP contribution in [0.2, 0.25) is 5.02 Å². The second-order valence-electron chi connectivity index (χ2n) is 9.23. The molecular weight excluding hydrogens is 462 g/mol. The van der Waals surface area contributed by atoms with Gasteiger partial charge in [0.1, 0.15) is 12.1 Å². The smallest absolute Gasteiger partial charge is 0.136 e. The van der Waals surface area contributed by atoms with E-state index < -0.39 is 0 Å². The van der Waals surface area contributed by atoms with Crippen LogP contribution in [0.1, 0.15) is 21.7 Å². The normalized spacial score (nSPS) is 17.3. The maximum absolute atomic E-state index is 6.17. The molecular formula is C27H28ClN5S. The van der Waals surface area contributed by atoms with Crippen molar-refractivity contribution in [2.24, 2.45) is 0 Å². The van der Waals surface area contributed by atoms with Crippen LogP contribution in [0.15, 0.2) is 60.9 Å². The van der Waals surface area contributed by atoms with E-state index in [-0.39, 0.29) is 0 Å². The number of benzene rings is 2. The molecule has 0 amide bonds. The van der Waals surface area contributed by atoms with Gasteiger partial charge in [0.2, 0.25) is 0 Å². The van der Waals surface area contributed by atoms with E-state index in [1.807, 2.05) is 17.4 Å². The van der Waals surface area contributed by atoms with Crippen LogP contribution in [0.25, 0.3) is 10.1 Å². The minimum atomic E-state index is 0.806. The highest BCUT2D eigenvalue weighted by Gasteiger charge is 2.26. The molecule has 34 heavy (non-hydrogen) atoms. The van der Waals surface area contributed by atoms with Crippen molar-refractivity contribution >= 4 is 38.8 Å². The molecule has 6 rings (SSSR count). The molecule has 2 aromatic carbocycles. The summed E-state index contributed by atoms with van der Waals surface area (Å²) in [4.78, 5) is 18.3. The molecule has 0 bridgehead atoms. The number of thiophene rings is 1. The van der Waals surface area contributed by atoms with Crippen LogP contribution >= 0.6 is 22.9 Å². The Hall–Kier alpha value is -2.51. The molecule has 2 aliphatic heterocycles. The van der Waals surface area contributed by atoms with E-state index in [0.29, 0.717) is 0 Å². The van der Waals surface area contributed by atoms with E-state index in [4.69, 9.17) is 16.6 Å². The Morgan fingerprint density at radius 1 is 0.853 bits per heavy atom. The minimum absolute atomic E-state index is 0.806. The van der Waals surface area contributed by atoms with Crippen LogP contribution in [0.3, 0.4) is 0 Å². The Labute approximate surface area is 209 Å². The van der Waals surface area contributed by atoms with Crippen LogP contribution in [-0.4, -0.2) is 52.5 Å². The molecule has 7 heteroatoms. The zero-order valence-electron chi connectivity index (χ0n) is 19.2. The van der Waals surface area contributed by atoms with Gasteiger partial charge in [0.05, 0.1) is 5.69 Å². The third-order valence-electron chi connectivity index (χ3n) is 6.89. The lowest BCUT2D eigenvalue weighted by atomic mass is 10.0. The molecule has 0 spiro atoms. The van der Waals surface area contributed by atoms with Crippen LogP contribution in [0.4, 0.5) is 5.82 Å². The summed E-state index contributed by atoms with van der Waals surface area (Å²) in [5.74, 6) is 1.14. The van der Waals surface area contributed by atoms with Crippen molar-refractivity contribution in [1.29, 1.82) is 0 Å². The second-order valence-corrected chi connectivity index (χ2v) is 10.8. The SMILES string of the molecule is Clc1ccc2sc(CN3CCN(c4ncnc5c4CN(Cc4ccccc4)CC5)CC3)cc2c1. The summed E-state index contributed by atoms with van der Waals surface area (Å²) in [7, 11) is 0. The number of aromatic nitrogens is 2. The molecule has 0 aliphatic carbocycles. The summed E-state index contributed by atoms with van der Waals surface area (Å²) in [5.41, 5.74) is 3.90. The fourth-order valence-electron chi connectivity index (χ4n) is 5.12. The van der Waals surface area contributed by atoms with Gasteiger partial charge >= 0.3 is 0 Å². The Balaban J connectivity index is 1.12. The van der Waals surface area contributed by atoms with Gasteiger partial charge in [-0.25, -0.2) is 9.97 Å². The maximum Gasteiger partial charge on any atom is 0.136 e. The van der Waals surface area contributed by atoms with Crippen molar-refractivity contribution in [3.8, 4) is 0 Å². The van der Waals surface area contributed by atoms with Crippen LogP contribution in [0, 0.1) is 0 Å². The van der Waals surface area contributed by atoms with Gasteiger partial charge in [-0.3, -0.25) is 9.80 Å². The van der Waals surface area contributed by atoms with Gasteiger partial charge in [-0.05, 0) is 35.2 Å². The Kier molecular flexibility index (Phi) is 6.22. The third kappa shape index (κ3) is 4.68. The third-order valence-corrected chi connectivity index (χ3v) is 8.22. The first-order valence-corrected chi connectivity index (χ1v) is 13.1. The number of fused-ring (bicyclic) bond motifs is 2. The quantitative estimate of drug-likeness (QED) is 0.384. The monoisotopic (exact) mass is 489 g/mol. The number of halogens is 1. The summed E-state index contributed by atoms with van der Waals surface area (Å²) < 4.78 is 1.31. The van der Waals surface area contributed by atoms with Crippen LogP contribution < -0.4 is 4.90 Å². The van der Waals surface area contributed by atoms with Crippen LogP contribution in [0.5, 0.6) is 0 Å². The van der Waals surface area contributed by atoms with E-state index >= 15 is 0 Å². The standard InChI is InChI=1S/C27H28ClN5S/c28-22-6-7-26-21(14-22)15-23(34-26)17-31-10-12-33(13-11-31)27-24-18-32(9-8-25(24)29-19-30-27)16-20-4-2-1-3-5-20/h1-7,14-15,19H,8-13,16-18H2. The minimum Gasteiger partial charge on any atom is -0.354 e. The van der Waals surface area contributed by atoms with E-state index in [0.717, 1.165) is 69.6 Å². The summed E-state index contributed by atoms with van der Waals surface area (Å²) in [6.45, 7) is 8.03. The largest absolute Gasteiger partial charge is 0.354 e. The molecule has 0 saturated carbocycles. The Morgan fingerprint density at radius 2 is 1.71 bits per heavy atom. The topological polar surface area (TPSA) is 35.5 Å². The predicted molar refractivity (Wildman–Crippen MR) is 141 cm³/mol. The molecule has 2 aliphatic rings. The van der Waals surface area contributed by atoms with Crippen molar-refractivity contribution in [3.63, 3.8) is 0 Å². The zero-order chi connectivity index (χ0) is 22.9. The highest BCUT2D eigenvalue weighted by Crippen LogP contribution is 2.30. The number of hydrogen-bond acceptors (Lipinski definition) is 6. The molecule has 2 aromatic heterocycles. The molecule has 5 nitrogen and oxygen atoms in total. The molecule has 174 valence electrons. The number of piperazine rings is 1. The molecule has 0 N–H and O–H groups in total. The Morgan fingerprint density at radius 3 is 2.56 bits per heavy atom. The van der Waals surface area contributed by atoms with Gasteiger partial charge in [0, 0.05) is 78.9 Å². The lowest BCUT2D eigenvalue weighted by Crippen LogP contribution is -2.47. The molecule has 0 atom stereocenters. The van der Waals surface area contributed by atoms with Crippen LogP contribution in [-0.2, 0) is 26.1 Å². The van der Waals surface area contributed by atoms with E-state index in [1.54, 1.807) is 6.33 Å². The van der Waals surface area contributed by atoms with Gasteiger partial charge in [0.25, 0.3) is 0 Å². The van der Waals surface area contributed by atoms with Crippen molar-refractivity contribution in [1.82, 2.24) is 19.8 Å². The molecule has 1 fully saturated rings. The molecule has 0 unspecified atom stereocenters. The van der Waals surface area contributed by atoms with Gasteiger partial charge in [0.15, 0.2) is 0 Å². The number of nitrogens with zero attached hydrogens (tertiary/aromatic N) is 5. The first kappa shape index (κ1) is 22.0. The zero-order valence-corrected chi connectivity index (χ0v) is 20.7. The fourth-order valence-corrected chi connectivity index (χ4v) is 6.38. The fraction of sp³-hybridized carbons (Fsp3) is 0.333. The van der Waals surface area contributed by atoms with E-state index in [9.17, 15) is 0 Å². The summed E-state index contributed by atoms with van der Waals surface area (Å²) in [6.07, 6.45) is 2.75. The molecule has 4 heterocycles.